The number of esters is 1. The number of hydrogen-bond acceptors (Lipinski definition) is 6. The largest absolute Gasteiger partial charge is 0.450 e. The van der Waals surface area contributed by atoms with Crippen molar-refractivity contribution in [2.75, 3.05) is 0 Å². The molecule has 31 heavy (non-hydrogen) atoms. The number of hydrazone groups is 1. The zero-order valence-corrected chi connectivity index (χ0v) is 17.1. The minimum Gasteiger partial charge on any atom is -0.450 e. The van der Waals surface area contributed by atoms with Gasteiger partial charge in [0, 0.05) is 35.5 Å². The van der Waals surface area contributed by atoms with Crippen LogP contribution in [0.25, 0.3) is 5.69 Å². The van der Waals surface area contributed by atoms with E-state index in [1.807, 2.05) is 0 Å². The number of carbonyl (C=O) groups excluding carboxylic acids is 3. The van der Waals surface area contributed by atoms with E-state index in [9.17, 15) is 23.2 Å². The van der Waals surface area contributed by atoms with Crippen LogP contribution in [0.3, 0.4) is 0 Å². The van der Waals surface area contributed by atoms with Gasteiger partial charge in [-0.05, 0) is 51.1 Å². The highest BCUT2D eigenvalue weighted by atomic mass is 19.3. The lowest BCUT2D eigenvalue weighted by Crippen LogP contribution is -2.34. The number of carbonyl (C=O) groups is 3. The molecule has 1 aliphatic rings. The summed E-state index contributed by atoms with van der Waals surface area (Å²) in [5.74, 6) is -1.42. The number of aryl methyl sites for hydroxylation is 1. The Kier molecular flexibility index (Phi) is 6.47. The van der Waals surface area contributed by atoms with E-state index in [0.29, 0.717) is 16.9 Å². The van der Waals surface area contributed by atoms with Gasteiger partial charge < -0.3 is 14.0 Å². The van der Waals surface area contributed by atoms with Gasteiger partial charge in [0.15, 0.2) is 6.10 Å². The van der Waals surface area contributed by atoms with Crippen LogP contribution in [0, 0.1) is 13.8 Å². The number of ether oxygens (including phenoxy) is 2. The first kappa shape index (κ1) is 22.1. The molecule has 3 rings (SSSR count). The van der Waals surface area contributed by atoms with Gasteiger partial charge in [-0.3, -0.25) is 9.59 Å². The Bertz CT molecular complexity index is 1040. The van der Waals surface area contributed by atoms with Crippen molar-refractivity contribution < 1.29 is 32.6 Å². The van der Waals surface area contributed by atoms with Crippen LogP contribution >= 0.6 is 0 Å². The van der Waals surface area contributed by atoms with Crippen molar-refractivity contribution in [3.05, 3.63) is 47.3 Å². The van der Waals surface area contributed by atoms with Crippen molar-refractivity contribution in [3.63, 3.8) is 0 Å². The SMILES string of the molecule is Cc1cc(C(=O)[C@@H](C)OC(=O)C2=NNC(=O)CC2)c(C)n1-c1ccc(OC(F)F)cc1. The molecule has 1 aromatic carbocycles. The Labute approximate surface area is 176 Å². The van der Waals surface area contributed by atoms with Gasteiger partial charge in [0.2, 0.25) is 11.7 Å². The molecule has 164 valence electrons. The van der Waals surface area contributed by atoms with E-state index in [0.717, 1.165) is 5.69 Å². The van der Waals surface area contributed by atoms with Gasteiger partial charge in [-0.2, -0.15) is 13.9 Å². The number of alkyl halides is 2. The molecule has 0 bridgehead atoms. The van der Waals surface area contributed by atoms with E-state index in [-0.39, 0.29) is 30.2 Å². The summed E-state index contributed by atoms with van der Waals surface area (Å²) >= 11 is 0. The molecule has 1 aromatic heterocycles. The number of Topliss-reactive ketones (excluding diaryl/α,β-unsaturated/α-hetero) is 1. The van der Waals surface area contributed by atoms with Crippen molar-refractivity contribution in [1.29, 1.82) is 0 Å². The zero-order chi connectivity index (χ0) is 22.7. The van der Waals surface area contributed by atoms with E-state index in [2.05, 4.69) is 15.3 Å². The first-order valence-corrected chi connectivity index (χ1v) is 9.52. The minimum absolute atomic E-state index is 0.0277. The molecule has 10 heteroatoms. The normalized spacial score (nSPS) is 14.6. The van der Waals surface area contributed by atoms with Gasteiger partial charge >= 0.3 is 12.6 Å². The average molecular weight is 433 g/mol. The molecule has 0 fully saturated rings. The summed E-state index contributed by atoms with van der Waals surface area (Å²) in [6.45, 7) is 2.08. The quantitative estimate of drug-likeness (QED) is 0.535. The number of ketones is 1. The van der Waals surface area contributed by atoms with E-state index in [1.54, 1.807) is 36.6 Å². The van der Waals surface area contributed by atoms with Crippen LogP contribution < -0.4 is 10.2 Å². The number of nitrogens with one attached hydrogen (secondary N) is 1. The van der Waals surface area contributed by atoms with Gasteiger partial charge in [-0.15, -0.1) is 0 Å². The second-order valence-corrected chi connectivity index (χ2v) is 7.00. The predicted octanol–water partition coefficient (Wildman–Crippen LogP) is 3.08. The fourth-order valence-corrected chi connectivity index (χ4v) is 3.31. The second kappa shape index (κ2) is 9.07. The number of halogens is 2. The maximum absolute atomic E-state index is 12.9. The Balaban J connectivity index is 1.76. The lowest BCUT2D eigenvalue weighted by molar-refractivity contribution is -0.138. The Morgan fingerprint density at radius 3 is 2.42 bits per heavy atom. The highest BCUT2D eigenvalue weighted by Crippen LogP contribution is 2.25. The molecule has 1 N–H and O–H groups in total. The van der Waals surface area contributed by atoms with Gasteiger partial charge in [-0.1, -0.05) is 0 Å². The molecule has 0 spiro atoms. The summed E-state index contributed by atoms with van der Waals surface area (Å²) in [5.41, 5.74) is 4.63. The molecule has 0 saturated heterocycles. The summed E-state index contributed by atoms with van der Waals surface area (Å²) in [6.07, 6.45) is -0.798. The van der Waals surface area contributed by atoms with Crippen LogP contribution in [0.4, 0.5) is 8.78 Å². The highest BCUT2D eigenvalue weighted by molar-refractivity contribution is 6.37. The Morgan fingerprint density at radius 2 is 1.84 bits per heavy atom. The van der Waals surface area contributed by atoms with Gasteiger partial charge in [0.05, 0.1) is 0 Å². The lowest BCUT2D eigenvalue weighted by Gasteiger charge is -2.15. The summed E-state index contributed by atoms with van der Waals surface area (Å²) in [6, 6.07) is 7.70. The molecule has 1 atom stereocenters. The molecule has 2 heterocycles. The number of hydrogen-bond donors (Lipinski definition) is 1. The topological polar surface area (TPSA) is 99.0 Å². The fourth-order valence-electron chi connectivity index (χ4n) is 3.31. The molecule has 8 nitrogen and oxygen atoms in total. The predicted molar refractivity (Wildman–Crippen MR) is 107 cm³/mol. The van der Waals surface area contributed by atoms with Crippen LogP contribution in [0.15, 0.2) is 35.4 Å². The van der Waals surface area contributed by atoms with Crippen molar-refractivity contribution in [3.8, 4) is 11.4 Å². The third-order valence-electron chi connectivity index (χ3n) is 4.81. The van der Waals surface area contributed by atoms with Crippen molar-refractivity contribution in [1.82, 2.24) is 9.99 Å². The summed E-state index contributed by atoms with van der Waals surface area (Å²) in [4.78, 5) is 36.2. The molecule has 2 aromatic rings. The van der Waals surface area contributed by atoms with Gasteiger partial charge in [0.25, 0.3) is 0 Å². The second-order valence-electron chi connectivity index (χ2n) is 7.00. The third kappa shape index (κ3) is 4.96. The van der Waals surface area contributed by atoms with Gasteiger partial charge in [0.1, 0.15) is 11.5 Å². The van der Waals surface area contributed by atoms with Crippen molar-refractivity contribution in [2.45, 2.75) is 46.3 Å². The molecular formula is C21H21F2N3O5. The summed E-state index contributed by atoms with van der Waals surface area (Å²) < 4.78 is 36.1. The number of nitrogens with zero attached hydrogens (tertiary/aromatic N) is 2. The van der Waals surface area contributed by atoms with E-state index in [1.165, 1.54) is 19.1 Å². The van der Waals surface area contributed by atoms with Crippen LogP contribution in [0.1, 0.15) is 41.5 Å². The van der Waals surface area contributed by atoms with E-state index >= 15 is 0 Å². The first-order valence-electron chi connectivity index (χ1n) is 9.52. The lowest BCUT2D eigenvalue weighted by atomic mass is 10.1. The molecular weight excluding hydrogens is 412 g/mol. The molecule has 1 aliphatic heterocycles. The molecule has 1 amide bonds. The monoisotopic (exact) mass is 433 g/mol. The number of aromatic nitrogens is 1. The molecule has 0 unspecified atom stereocenters. The average Bonchev–Trinajstić information content (AvgIpc) is 3.02. The smallest absolute Gasteiger partial charge is 0.387 e. The maximum Gasteiger partial charge on any atom is 0.387 e. The van der Waals surface area contributed by atoms with Crippen molar-refractivity contribution in [2.24, 2.45) is 5.10 Å². The van der Waals surface area contributed by atoms with Crippen molar-refractivity contribution >= 4 is 23.4 Å². The summed E-state index contributed by atoms with van der Waals surface area (Å²) in [5, 5.41) is 3.67. The number of amides is 1. The number of rotatable bonds is 7. The Hall–Kier alpha value is -3.56. The highest BCUT2D eigenvalue weighted by Gasteiger charge is 2.27. The standard InChI is InChI=1S/C21H21F2N3O5/c1-11-10-16(12(2)26(11)14-4-6-15(7-5-14)31-21(22)23)19(28)13(3)30-20(29)17-8-9-18(27)25-24-17/h4-7,10,13,21H,8-9H2,1-3H3,(H,25,27)/t13-/m1/s1. The van der Waals surface area contributed by atoms with Crippen LogP contribution in [0.5, 0.6) is 5.75 Å². The van der Waals surface area contributed by atoms with Crippen LogP contribution in [0.2, 0.25) is 0 Å². The first-order chi connectivity index (χ1) is 14.7. The number of benzene rings is 1. The van der Waals surface area contributed by atoms with E-state index in [4.69, 9.17) is 4.74 Å². The van der Waals surface area contributed by atoms with Gasteiger partial charge in [-0.25, -0.2) is 10.2 Å². The Morgan fingerprint density at radius 1 is 1.16 bits per heavy atom. The molecule has 0 aliphatic carbocycles. The molecule has 0 saturated carbocycles. The fraction of sp³-hybridized carbons (Fsp3) is 0.333. The minimum atomic E-state index is -2.91. The van der Waals surface area contributed by atoms with Crippen LogP contribution in [-0.2, 0) is 14.3 Å². The zero-order valence-electron chi connectivity index (χ0n) is 17.1. The molecule has 0 radical (unpaired) electrons. The van der Waals surface area contributed by atoms with Crippen LogP contribution in [-0.4, -0.2) is 40.7 Å². The maximum atomic E-state index is 12.9. The van der Waals surface area contributed by atoms with E-state index < -0.39 is 24.5 Å². The summed E-state index contributed by atoms with van der Waals surface area (Å²) in [7, 11) is 0. The third-order valence-corrected chi connectivity index (χ3v) is 4.81.